The van der Waals surface area contributed by atoms with Crippen molar-refractivity contribution in [1.29, 1.82) is 0 Å². The predicted molar refractivity (Wildman–Crippen MR) is 114 cm³/mol. The number of hydrogen-bond acceptors (Lipinski definition) is 6. The molecule has 6 nitrogen and oxygen atoms in total. The first kappa shape index (κ1) is 19.4. The van der Waals surface area contributed by atoms with Crippen molar-refractivity contribution >= 4 is 17.5 Å². The van der Waals surface area contributed by atoms with Crippen molar-refractivity contribution in [2.75, 3.05) is 68.5 Å². The van der Waals surface area contributed by atoms with E-state index in [-0.39, 0.29) is 0 Å². The van der Waals surface area contributed by atoms with Crippen LogP contribution in [0.2, 0.25) is 0 Å². The number of nitrogens with zero attached hydrogens (tertiary/aromatic N) is 5. The lowest BCUT2D eigenvalue weighted by Gasteiger charge is -2.37. The zero-order valence-corrected chi connectivity index (χ0v) is 17.1. The van der Waals surface area contributed by atoms with E-state index >= 15 is 0 Å². The quantitative estimate of drug-likeness (QED) is 0.759. The van der Waals surface area contributed by atoms with Gasteiger partial charge < -0.3 is 20.0 Å². The Bertz CT molecular complexity index is 737. The SMILES string of the molecule is Cc1cccc(N2CCN(c3cc(C)nc(NCCCN(C)C)n3)CC2)c1. The van der Waals surface area contributed by atoms with Gasteiger partial charge in [-0.3, -0.25) is 0 Å². The highest BCUT2D eigenvalue weighted by Crippen LogP contribution is 2.21. The van der Waals surface area contributed by atoms with E-state index in [2.05, 4.69) is 76.4 Å². The average Bonchev–Trinajstić information content (AvgIpc) is 2.65. The molecule has 0 aliphatic carbocycles. The van der Waals surface area contributed by atoms with Gasteiger partial charge in [0, 0.05) is 50.2 Å². The van der Waals surface area contributed by atoms with E-state index in [1.165, 1.54) is 11.3 Å². The Kier molecular flexibility index (Phi) is 6.50. The molecular weight excluding hydrogens is 336 g/mol. The Labute approximate surface area is 163 Å². The van der Waals surface area contributed by atoms with Crippen molar-refractivity contribution in [3.05, 3.63) is 41.6 Å². The van der Waals surface area contributed by atoms with Gasteiger partial charge in [0.15, 0.2) is 0 Å². The summed E-state index contributed by atoms with van der Waals surface area (Å²) in [7, 11) is 4.19. The highest BCUT2D eigenvalue weighted by atomic mass is 15.3. The summed E-state index contributed by atoms with van der Waals surface area (Å²) >= 11 is 0. The molecule has 1 N–H and O–H groups in total. The van der Waals surface area contributed by atoms with Crippen LogP contribution in [0.4, 0.5) is 17.5 Å². The van der Waals surface area contributed by atoms with Gasteiger partial charge in [0.2, 0.25) is 5.95 Å². The molecule has 0 atom stereocenters. The van der Waals surface area contributed by atoms with E-state index in [1.807, 2.05) is 6.92 Å². The minimum atomic E-state index is 0.741. The van der Waals surface area contributed by atoms with Crippen molar-refractivity contribution in [2.45, 2.75) is 20.3 Å². The first-order chi connectivity index (χ1) is 13.0. The fraction of sp³-hybridized carbons (Fsp3) is 0.524. The summed E-state index contributed by atoms with van der Waals surface area (Å²) in [4.78, 5) is 16.3. The highest BCUT2D eigenvalue weighted by molar-refractivity contribution is 5.52. The lowest BCUT2D eigenvalue weighted by atomic mass is 10.2. The molecule has 0 amide bonds. The molecule has 1 aliphatic rings. The van der Waals surface area contributed by atoms with Gasteiger partial charge in [-0.2, -0.15) is 4.98 Å². The van der Waals surface area contributed by atoms with Gasteiger partial charge in [-0.15, -0.1) is 0 Å². The van der Waals surface area contributed by atoms with Crippen LogP contribution in [0.5, 0.6) is 0 Å². The third-order valence-electron chi connectivity index (χ3n) is 4.88. The third kappa shape index (κ3) is 5.57. The number of aryl methyl sites for hydroxylation is 2. The van der Waals surface area contributed by atoms with Crippen molar-refractivity contribution < 1.29 is 0 Å². The first-order valence-corrected chi connectivity index (χ1v) is 9.82. The Balaban J connectivity index is 1.58. The van der Waals surface area contributed by atoms with Crippen LogP contribution in [-0.2, 0) is 0 Å². The summed E-state index contributed by atoms with van der Waals surface area (Å²) < 4.78 is 0. The van der Waals surface area contributed by atoms with Crippen molar-refractivity contribution in [3.63, 3.8) is 0 Å². The van der Waals surface area contributed by atoms with Gasteiger partial charge in [0.25, 0.3) is 0 Å². The predicted octanol–water partition coefficient (Wildman–Crippen LogP) is 2.78. The van der Waals surface area contributed by atoms with E-state index in [9.17, 15) is 0 Å². The molecule has 0 unspecified atom stereocenters. The van der Waals surface area contributed by atoms with E-state index in [4.69, 9.17) is 4.98 Å². The standard InChI is InChI=1S/C21H32N6/c1-17-7-5-8-19(15-17)26-11-13-27(14-12-26)20-16-18(2)23-21(24-20)22-9-6-10-25(3)4/h5,7-8,15-16H,6,9-14H2,1-4H3,(H,22,23,24). The highest BCUT2D eigenvalue weighted by Gasteiger charge is 2.19. The number of nitrogens with one attached hydrogen (secondary N) is 1. The number of benzene rings is 1. The van der Waals surface area contributed by atoms with E-state index in [1.54, 1.807) is 0 Å². The lowest BCUT2D eigenvalue weighted by Crippen LogP contribution is -2.47. The Hall–Kier alpha value is -2.34. The average molecular weight is 369 g/mol. The summed E-state index contributed by atoms with van der Waals surface area (Å²) in [5.74, 6) is 1.77. The van der Waals surface area contributed by atoms with Crippen LogP contribution in [0.3, 0.4) is 0 Å². The third-order valence-corrected chi connectivity index (χ3v) is 4.88. The number of hydrogen-bond donors (Lipinski definition) is 1. The Morgan fingerprint density at radius 2 is 1.74 bits per heavy atom. The van der Waals surface area contributed by atoms with Crippen LogP contribution in [0.25, 0.3) is 0 Å². The Morgan fingerprint density at radius 3 is 2.44 bits per heavy atom. The molecule has 2 heterocycles. The van der Waals surface area contributed by atoms with E-state index in [0.717, 1.165) is 63.1 Å². The summed E-state index contributed by atoms with van der Waals surface area (Å²) in [6, 6.07) is 10.8. The fourth-order valence-corrected chi connectivity index (χ4v) is 3.41. The maximum atomic E-state index is 4.76. The van der Waals surface area contributed by atoms with E-state index in [0.29, 0.717) is 0 Å². The Morgan fingerprint density at radius 1 is 1.00 bits per heavy atom. The molecule has 1 aromatic carbocycles. The smallest absolute Gasteiger partial charge is 0.224 e. The van der Waals surface area contributed by atoms with Gasteiger partial charge >= 0.3 is 0 Å². The molecule has 0 bridgehead atoms. The molecule has 3 rings (SSSR count). The second-order valence-corrected chi connectivity index (χ2v) is 7.59. The van der Waals surface area contributed by atoms with Crippen LogP contribution in [0.15, 0.2) is 30.3 Å². The molecular formula is C21H32N6. The molecule has 0 radical (unpaired) electrons. The van der Waals surface area contributed by atoms with Crippen molar-refractivity contribution in [1.82, 2.24) is 14.9 Å². The topological polar surface area (TPSA) is 47.5 Å². The van der Waals surface area contributed by atoms with Crippen LogP contribution < -0.4 is 15.1 Å². The number of aromatic nitrogens is 2. The van der Waals surface area contributed by atoms with Crippen molar-refractivity contribution in [2.24, 2.45) is 0 Å². The lowest BCUT2D eigenvalue weighted by molar-refractivity contribution is 0.405. The van der Waals surface area contributed by atoms with Gasteiger partial charge in [-0.1, -0.05) is 12.1 Å². The van der Waals surface area contributed by atoms with E-state index < -0.39 is 0 Å². The molecule has 146 valence electrons. The number of piperazine rings is 1. The summed E-state index contributed by atoms with van der Waals surface area (Å²) in [6.07, 6.45) is 1.08. The van der Waals surface area contributed by atoms with Gasteiger partial charge in [-0.05, 0) is 58.6 Å². The maximum Gasteiger partial charge on any atom is 0.224 e. The molecule has 0 spiro atoms. The molecule has 0 saturated carbocycles. The molecule has 1 aliphatic heterocycles. The summed E-state index contributed by atoms with van der Waals surface area (Å²) in [6.45, 7) is 10.1. The molecule has 1 saturated heterocycles. The molecule has 1 aromatic heterocycles. The maximum absolute atomic E-state index is 4.76. The normalized spacial score (nSPS) is 14.7. The number of anilines is 3. The van der Waals surface area contributed by atoms with Crippen molar-refractivity contribution in [3.8, 4) is 0 Å². The minimum Gasteiger partial charge on any atom is -0.368 e. The van der Waals surface area contributed by atoms with Gasteiger partial charge in [0.1, 0.15) is 5.82 Å². The monoisotopic (exact) mass is 368 g/mol. The van der Waals surface area contributed by atoms with Crippen LogP contribution >= 0.6 is 0 Å². The second kappa shape index (κ2) is 9.04. The molecule has 1 fully saturated rings. The van der Waals surface area contributed by atoms with Crippen LogP contribution in [0, 0.1) is 13.8 Å². The van der Waals surface area contributed by atoms with Crippen LogP contribution in [-0.4, -0.2) is 68.2 Å². The largest absolute Gasteiger partial charge is 0.368 e. The summed E-state index contributed by atoms with van der Waals surface area (Å²) in [5.41, 5.74) is 3.64. The van der Waals surface area contributed by atoms with Gasteiger partial charge in [0.05, 0.1) is 0 Å². The zero-order valence-electron chi connectivity index (χ0n) is 17.1. The summed E-state index contributed by atoms with van der Waals surface area (Å²) in [5, 5.41) is 3.38. The molecule has 27 heavy (non-hydrogen) atoms. The number of rotatable bonds is 7. The molecule has 2 aromatic rings. The fourth-order valence-electron chi connectivity index (χ4n) is 3.41. The van der Waals surface area contributed by atoms with Crippen LogP contribution in [0.1, 0.15) is 17.7 Å². The molecule has 6 heteroatoms. The van der Waals surface area contributed by atoms with Gasteiger partial charge in [-0.25, -0.2) is 4.98 Å². The minimum absolute atomic E-state index is 0.741. The zero-order chi connectivity index (χ0) is 19.2. The first-order valence-electron chi connectivity index (χ1n) is 9.82. The second-order valence-electron chi connectivity index (χ2n) is 7.59.